The van der Waals surface area contributed by atoms with Gasteiger partial charge in [0.2, 0.25) is 5.88 Å². The molecule has 2 rings (SSSR count). The van der Waals surface area contributed by atoms with E-state index in [1.807, 2.05) is 26.8 Å². The van der Waals surface area contributed by atoms with E-state index in [2.05, 4.69) is 4.98 Å². The Bertz CT molecular complexity index is 600. The normalized spacial score (nSPS) is 11.5. The van der Waals surface area contributed by atoms with Crippen LogP contribution < -0.4 is 4.74 Å². The standard InChI is InChI=1S/C14H15NO3/c1-14(2,3)18-12-8-10(13(16)17)9-6-4-5-7-11(9)15-12/h4-8H,1-3H3,(H,16,17). The van der Waals surface area contributed by atoms with Crippen molar-refractivity contribution in [1.29, 1.82) is 0 Å². The molecule has 4 heteroatoms. The Hall–Kier alpha value is -2.10. The van der Waals surface area contributed by atoms with Gasteiger partial charge in [0, 0.05) is 11.5 Å². The maximum atomic E-state index is 11.2. The summed E-state index contributed by atoms with van der Waals surface area (Å²) in [5.41, 5.74) is 0.419. The van der Waals surface area contributed by atoms with Crippen LogP contribution in [0.3, 0.4) is 0 Å². The molecular formula is C14H15NO3. The van der Waals surface area contributed by atoms with Crippen LogP contribution in [-0.2, 0) is 0 Å². The van der Waals surface area contributed by atoms with Crippen LogP contribution in [0.5, 0.6) is 5.88 Å². The molecule has 0 aliphatic heterocycles. The minimum Gasteiger partial charge on any atom is -0.478 e. The summed E-state index contributed by atoms with van der Waals surface area (Å²) in [5.74, 6) is -0.647. The Morgan fingerprint density at radius 2 is 1.94 bits per heavy atom. The van der Waals surface area contributed by atoms with Crippen LogP contribution in [0.1, 0.15) is 31.1 Å². The third kappa shape index (κ3) is 2.59. The van der Waals surface area contributed by atoms with E-state index in [1.165, 1.54) is 6.07 Å². The molecule has 1 aromatic carbocycles. The average Bonchev–Trinajstić information content (AvgIpc) is 2.25. The van der Waals surface area contributed by atoms with Crippen LogP contribution in [0.25, 0.3) is 10.9 Å². The highest BCUT2D eigenvalue weighted by molar-refractivity contribution is 6.02. The van der Waals surface area contributed by atoms with Crippen LogP contribution >= 0.6 is 0 Å². The number of hydrogen-bond donors (Lipinski definition) is 1. The Morgan fingerprint density at radius 3 is 2.56 bits per heavy atom. The van der Waals surface area contributed by atoms with Crippen LogP contribution in [-0.4, -0.2) is 21.7 Å². The molecule has 1 N–H and O–H groups in total. The van der Waals surface area contributed by atoms with Gasteiger partial charge in [-0.3, -0.25) is 0 Å². The zero-order valence-corrected chi connectivity index (χ0v) is 10.6. The molecular weight excluding hydrogens is 230 g/mol. The Balaban J connectivity index is 2.61. The first-order valence-corrected chi connectivity index (χ1v) is 5.69. The minimum atomic E-state index is -0.979. The molecule has 2 aromatic rings. The second kappa shape index (κ2) is 4.29. The topological polar surface area (TPSA) is 59.4 Å². The van der Waals surface area contributed by atoms with E-state index in [0.717, 1.165) is 0 Å². The van der Waals surface area contributed by atoms with Gasteiger partial charge in [0.25, 0.3) is 0 Å². The number of aromatic nitrogens is 1. The van der Waals surface area contributed by atoms with Crippen molar-refractivity contribution in [2.75, 3.05) is 0 Å². The van der Waals surface area contributed by atoms with Gasteiger partial charge in [0.1, 0.15) is 5.60 Å². The predicted molar refractivity (Wildman–Crippen MR) is 69.1 cm³/mol. The minimum absolute atomic E-state index is 0.208. The van der Waals surface area contributed by atoms with Crippen molar-refractivity contribution in [2.45, 2.75) is 26.4 Å². The number of nitrogens with zero attached hydrogens (tertiary/aromatic N) is 1. The van der Waals surface area contributed by atoms with E-state index in [9.17, 15) is 9.90 Å². The highest BCUT2D eigenvalue weighted by Crippen LogP contribution is 2.24. The summed E-state index contributed by atoms with van der Waals surface area (Å²) in [5, 5.41) is 9.84. The monoisotopic (exact) mass is 245 g/mol. The maximum Gasteiger partial charge on any atom is 0.336 e. The van der Waals surface area contributed by atoms with Gasteiger partial charge in [0.15, 0.2) is 0 Å². The molecule has 0 amide bonds. The van der Waals surface area contributed by atoms with Crippen LogP contribution in [0.15, 0.2) is 30.3 Å². The fourth-order valence-corrected chi connectivity index (χ4v) is 1.69. The first-order valence-electron chi connectivity index (χ1n) is 5.69. The van der Waals surface area contributed by atoms with Gasteiger partial charge in [-0.25, -0.2) is 9.78 Å². The number of carboxylic acid groups (broad SMARTS) is 1. The fourth-order valence-electron chi connectivity index (χ4n) is 1.69. The lowest BCUT2D eigenvalue weighted by Crippen LogP contribution is -2.23. The number of benzene rings is 1. The third-order valence-electron chi connectivity index (χ3n) is 2.33. The molecule has 0 atom stereocenters. The summed E-state index contributed by atoms with van der Waals surface area (Å²) >= 11 is 0. The van der Waals surface area contributed by atoms with E-state index >= 15 is 0 Å². The SMILES string of the molecule is CC(C)(C)Oc1cc(C(=O)O)c2ccccc2n1. The van der Waals surface area contributed by atoms with Gasteiger partial charge in [-0.1, -0.05) is 18.2 Å². The van der Waals surface area contributed by atoms with Crippen molar-refractivity contribution in [3.8, 4) is 5.88 Å². The van der Waals surface area contributed by atoms with Crippen molar-refractivity contribution in [3.05, 3.63) is 35.9 Å². The first-order chi connectivity index (χ1) is 8.37. The van der Waals surface area contributed by atoms with Crippen LogP contribution in [0, 0.1) is 0 Å². The van der Waals surface area contributed by atoms with Crippen molar-refractivity contribution in [1.82, 2.24) is 4.98 Å². The number of hydrogen-bond acceptors (Lipinski definition) is 3. The largest absolute Gasteiger partial charge is 0.478 e. The zero-order chi connectivity index (χ0) is 13.3. The summed E-state index contributed by atoms with van der Waals surface area (Å²) in [4.78, 5) is 15.6. The average molecular weight is 245 g/mol. The second-order valence-corrected chi connectivity index (χ2v) is 5.04. The first kappa shape index (κ1) is 12.4. The molecule has 0 fully saturated rings. The fraction of sp³-hybridized carbons (Fsp3) is 0.286. The molecule has 1 heterocycles. The molecule has 0 saturated heterocycles. The number of pyridine rings is 1. The number of fused-ring (bicyclic) bond motifs is 1. The summed E-state index contributed by atoms with van der Waals surface area (Å²) in [7, 11) is 0. The highest BCUT2D eigenvalue weighted by atomic mass is 16.5. The number of rotatable bonds is 2. The number of aromatic carboxylic acids is 1. The summed E-state index contributed by atoms with van der Waals surface area (Å²) in [6.45, 7) is 5.68. The molecule has 4 nitrogen and oxygen atoms in total. The molecule has 0 aliphatic carbocycles. The van der Waals surface area contributed by atoms with Crippen LogP contribution in [0.4, 0.5) is 0 Å². The third-order valence-corrected chi connectivity index (χ3v) is 2.33. The summed E-state index contributed by atoms with van der Waals surface area (Å²) < 4.78 is 5.63. The number of carbonyl (C=O) groups is 1. The smallest absolute Gasteiger partial charge is 0.336 e. The van der Waals surface area contributed by atoms with E-state index in [4.69, 9.17) is 4.74 Å². The lowest BCUT2D eigenvalue weighted by molar-refractivity contribution is 0.0696. The van der Waals surface area contributed by atoms with Gasteiger partial charge < -0.3 is 9.84 Å². The van der Waals surface area contributed by atoms with E-state index in [0.29, 0.717) is 16.8 Å². The lowest BCUT2D eigenvalue weighted by atomic mass is 10.1. The summed E-state index contributed by atoms with van der Waals surface area (Å²) in [6.07, 6.45) is 0. The van der Waals surface area contributed by atoms with Gasteiger partial charge >= 0.3 is 5.97 Å². The van der Waals surface area contributed by atoms with Gasteiger partial charge in [-0.2, -0.15) is 0 Å². The molecule has 0 saturated carbocycles. The molecule has 0 aliphatic rings. The molecule has 0 spiro atoms. The van der Waals surface area contributed by atoms with Crippen molar-refractivity contribution in [2.24, 2.45) is 0 Å². The number of para-hydroxylation sites is 1. The van der Waals surface area contributed by atoms with Gasteiger partial charge in [0.05, 0.1) is 11.1 Å². The Morgan fingerprint density at radius 1 is 1.28 bits per heavy atom. The number of carboxylic acids is 1. The molecule has 18 heavy (non-hydrogen) atoms. The quantitative estimate of drug-likeness (QED) is 0.883. The second-order valence-electron chi connectivity index (χ2n) is 5.04. The van der Waals surface area contributed by atoms with E-state index in [1.54, 1.807) is 18.2 Å². The predicted octanol–water partition coefficient (Wildman–Crippen LogP) is 3.11. The number of ether oxygens (including phenoxy) is 1. The highest BCUT2D eigenvalue weighted by Gasteiger charge is 2.17. The lowest BCUT2D eigenvalue weighted by Gasteiger charge is -2.20. The molecule has 0 radical (unpaired) electrons. The van der Waals surface area contributed by atoms with Crippen molar-refractivity contribution < 1.29 is 14.6 Å². The van der Waals surface area contributed by atoms with Crippen molar-refractivity contribution in [3.63, 3.8) is 0 Å². The molecule has 94 valence electrons. The molecule has 1 aromatic heterocycles. The Labute approximate surface area is 105 Å². The van der Waals surface area contributed by atoms with Crippen LogP contribution in [0.2, 0.25) is 0 Å². The molecule has 0 unspecified atom stereocenters. The zero-order valence-electron chi connectivity index (χ0n) is 10.6. The van der Waals surface area contributed by atoms with E-state index < -0.39 is 11.6 Å². The van der Waals surface area contributed by atoms with Gasteiger partial charge in [-0.05, 0) is 26.8 Å². The van der Waals surface area contributed by atoms with Crippen molar-refractivity contribution >= 4 is 16.9 Å². The Kier molecular flexibility index (Phi) is 2.95. The van der Waals surface area contributed by atoms with E-state index in [-0.39, 0.29) is 5.56 Å². The molecule has 0 bridgehead atoms. The maximum absolute atomic E-state index is 11.2. The van der Waals surface area contributed by atoms with Gasteiger partial charge in [-0.15, -0.1) is 0 Å². The summed E-state index contributed by atoms with van der Waals surface area (Å²) in [6, 6.07) is 8.60.